The summed E-state index contributed by atoms with van der Waals surface area (Å²) in [5.41, 5.74) is 1.31. The first-order valence-corrected chi connectivity index (χ1v) is 3.37. The van der Waals surface area contributed by atoms with Crippen LogP contribution >= 0.6 is 11.6 Å². The number of carbonyl (C=O) groups excluding carboxylic acids is 2. The number of H-pyrrole nitrogens is 1. The van der Waals surface area contributed by atoms with Gasteiger partial charge in [-0.1, -0.05) is 11.6 Å². The second-order valence-corrected chi connectivity index (χ2v) is 2.50. The summed E-state index contributed by atoms with van der Waals surface area (Å²) in [5.74, 6) is 0. The van der Waals surface area contributed by atoms with E-state index in [-0.39, 0.29) is 5.15 Å². The van der Waals surface area contributed by atoms with Gasteiger partial charge in [0.2, 0.25) is 0 Å². The van der Waals surface area contributed by atoms with Gasteiger partial charge in [-0.15, -0.1) is 0 Å². The Morgan fingerprint density at radius 1 is 1.36 bits per heavy atom. The van der Waals surface area contributed by atoms with Crippen LogP contribution in [0.15, 0.2) is 0 Å². The summed E-state index contributed by atoms with van der Waals surface area (Å²) in [5, 5.41) is 0.222. The van der Waals surface area contributed by atoms with Gasteiger partial charge in [-0.3, -0.25) is 9.59 Å². The maximum Gasteiger partial charge on any atom is 0.166 e. The Morgan fingerprint density at radius 3 is 2.27 bits per heavy atom. The van der Waals surface area contributed by atoms with Gasteiger partial charge in [0.1, 0.15) is 5.15 Å². The van der Waals surface area contributed by atoms with Gasteiger partial charge in [-0.2, -0.15) is 0 Å². The highest BCUT2D eigenvalue weighted by Crippen LogP contribution is 2.19. The minimum atomic E-state index is 0.222. The Kier molecular flexibility index (Phi) is 2.10. The Morgan fingerprint density at radius 2 is 2.00 bits per heavy atom. The van der Waals surface area contributed by atoms with Crippen LogP contribution in [0, 0.1) is 6.92 Å². The molecule has 0 fully saturated rings. The third-order valence-electron chi connectivity index (χ3n) is 1.52. The third kappa shape index (κ3) is 1.19. The molecule has 0 bridgehead atoms. The van der Waals surface area contributed by atoms with Gasteiger partial charge in [-0.25, -0.2) is 0 Å². The number of aldehydes is 2. The lowest BCUT2D eigenvalue weighted by molar-refractivity contribution is 0.111. The van der Waals surface area contributed by atoms with E-state index in [1.807, 2.05) is 0 Å². The van der Waals surface area contributed by atoms with Crippen LogP contribution < -0.4 is 0 Å². The van der Waals surface area contributed by atoms with Gasteiger partial charge >= 0.3 is 0 Å². The quantitative estimate of drug-likeness (QED) is 0.688. The van der Waals surface area contributed by atoms with Crippen molar-refractivity contribution in [1.29, 1.82) is 0 Å². The first-order valence-electron chi connectivity index (χ1n) is 2.99. The Balaban J connectivity index is 3.35. The van der Waals surface area contributed by atoms with E-state index in [0.29, 0.717) is 29.4 Å². The normalized spacial score (nSPS) is 9.64. The molecule has 0 aliphatic heterocycles. The minimum Gasteiger partial charge on any atom is -0.343 e. The molecule has 0 aliphatic carbocycles. The first kappa shape index (κ1) is 8.01. The number of rotatable bonds is 2. The first-order chi connectivity index (χ1) is 5.20. The second-order valence-electron chi connectivity index (χ2n) is 2.13. The van der Waals surface area contributed by atoms with Gasteiger partial charge < -0.3 is 4.98 Å². The summed E-state index contributed by atoms with van der Waals surface area (Å²) in [6.07, 6.45) is 1.26. The fourth-order valence-electron chi connectivity index (χ4n) is 0.847. The number of aromatic amines is 1. The van der Waals surface area contributed by atoms with E-state index < -0.39 is 0 Å². The molecular weight excluding hydrogens is 166 g/mol. The van der Waals surface area contributed by atoms with E-state index in [2.05, 4.69) is 4.98 Å². The zero-order valence-corrected chi connectivity index (χ0v) is 6.61. The van der Waals surface area contributed by atoms with E-state index >= 15 is 0 Å². The molecule has 0 amide bonds. The minimum absolute atomic E-state index is 0.222. The van der Waals surface area contributed by atoms with Crippen LogP contribution in [-0.2, 0) is 0 Å². The lowest BCUT2D eigenvalue weighted by Crippen LogP contribution is -1.83. The molecule has 0 radical (unpaired) electrons. The van der Waals surface area contributed by atoms with Gasteiger partial charge in [0, 0.05) is 0 Å². The summed E-state index contributed by atoms with van der Waals surface area (Å²) in [7, 11) is 0. The number of carbonyl (C=O) groups is 2. The predicted molar refractivity (Wildman–Crippen MR) is 41.3 cm³/mol. The zero-order valence-electron chi connectivity index (χ0n) is 5.85. The van der Waals surface area contributed by atoms with E-state index in [0.717, 1.165) is 0 Å². The van der Waals surface area contributed by atoms with Crippen molar-refractivity contribution in [3.8, 4) is 0 Å². The maximum atomic E-state index is 10.4. The van der Waals surface area contributed by atoms with Gasteiger partial charge in [-0.05, 0) is 12.5 Å². The van der Waals surface area contributed by atoms with Crippen LogP contribution in [0.25, 0.3) is 0 Å². The lowest BCUT2D eigenvalue weighted by atomic mass is 10.2. The second kappa shape index (κ2) is 2.88. The van der Waals surface area contributed by atoms with Crippen molar-refractivity contribution >= 4 is 24.2 Å². The summed E-state index contributed by atoms with van der Waals surface area (Å²) in [4.78, 5) is 23.2. The van der Waals surface area contributed by atoms with Crippen molar-refractivity contribution < 1.29 is 9.59 Å². The lowest BCUT2D eigenvalue weighted by Gasteiger charge is -1.85. The predicted octanol–water partition coefficient (Wildman–Crippen LogP) is 1.60. The van der Waals surface area contributed by atoms with Crippen molar-refractivity contribution in [3.63, 3.8) is 0 Å². The molecule has 4 heteroatoms. The maximum absolute atomic E-state index is 10.4. The molecule has 0 unspecified atom stereocenters. The highest BCUT2D eigenvalue weighted by atomic mass is 35.5. The monoisotopic (exact) mass is 171 g/mol. The summed E-state index contributed by atoms with van der Waals surface area (Å²) < 4.78 is 0. The van der Waals surface area contributed by atoms with Crippen molar-refractivity contribution in [3.05, 3.63) is 22.0 Å². The summed E-state index contributed by atoms with van der Waals surface area (Å²) >= 11 is 5.58. The number of aromatic nitrogens is 1. The van der Waals surface area contributed by atoms with Crippen molar-refractivity contribution in [2.24, 2.45) is 0 Å². The highest BCUT2D eigenvalue weighted by Gasteiger charge is 2.10. The highest BCUT2D eigenvalue weighted by molar-refractivity contribution is 6.32. The van der Waals surface area contributed by atoms with E-state index in [9.17, 15) is 9.59 Å². The van der Waals surface area contributed by atoms with Crippen LogP contribution in [0.1, 0.15) is 26.4 Å². The molecule has 1 rings (SSSR count). The number of nitrogens with one attached hydrogen (secondary N) is 1. The van der Waals surface area contributed by atoms with E-state index in [1.165, 1.54) is 0 Å². The fourth-order valence-corrected chi connectivity index (χ4v) is 1.14. The molecule has 11 heavy (non-hydrogen) atoms. The van der Waals surface area contributed by atoms with Gasteiger partial charge in [0.15, 0.2) is 12.6 Å². The summed E-state index contributed by atoms with van der Waals surface area (Å²) in [6.45, 7) is 1.66. The van der Waals surface area contributed by atoms with Crippen LogP contribution in [-0.4, -0.2) is 17.6 Å². The van der Waals surface area contributed by atoms with Crippen molar-refractivity contribution in [1.82, 2.24) is 4.98 Å². The molecule has 0 spiro atoms. The molecule has 3 nitrogen and oxygen atoms in total. The van der Waals surface area contributed by atoms with Gasteiger partial charge in [0.25, 0.3) is 0 Å². The average Bonchev–Trinajstić information content (AvgIpc) is 2.26. The molecule has 1 aromatic rings. The SMILES string of the molecule is Cc1c(C=O)[nH]c(Cl)c1C=O. The molecule has 0 aromatic carbocycles. The smallest absolute Gasteiger partial charge is 0.166 e. The molecule has 0 atom stereocenters. The molecule has 1 aromatic heterocycles. The molecule has 1 N–H and O–H groups in total. The number of halogens is 1. The number of hydrogen-bond donors (Lipinski definition) is 1. The number of hydrogen-bond acceptors (Lipinski definition) is 2. The standard InChI is InChI=1S/C7H6ClNO2/c1-4-5(2-10)7(8)9-6(4)3-11/h2-3,9H,1H3. The molecule has 0 aliphatic rings. The Bertz CT molecular complexity index is 304. The van der Waals surface area contributed by atoms with Crippen molar-refractivity contribution in [2.45, 2.75) is 6.92 Å². The Labute approximate surface area is 68.4 Å². The third-order valence-corrected chi connectivity index (χ3v) is 1.82. The summed E-state index contributed by atoms with van der Waals surface area (Å²) in [6, 6.07) is 0. The topological polar surface area (TPSA) is 49.9 Å². The molecular formula is C7H6ClNO2. The van der Waals surface area contributed by atoms with Crippen LogP contribution in [0.2, 0.25) is 5.15 Å². The fraction of sp³-hybridized carbons (Fsp3) is 0.143. The van der Waals surface area contributed by atoms with Crippen LogP contribution in [0.5, 0.6) is 0 Å². The van der Waals surface area contributed by atoms with E-state index in [1.54, 1.807) is 6.92 Å². The molecule has 1 heterocycles. The molecule has 0 saturated carbocycles. The Hall–Kier alpha value is -1.09. The van der Waals surface area contributed by atoms with Crippen LogP contribution in [0.4, 0.5) is 0 Å². The molecule has 58 valence electrons. The zero-order chi connectivity index (χ0) is 8.43. The van der Waals surface area contributed by atoms with Gasteiger partial charge in [0.05, 0.1) is 11.3 Å². The largest absolute Gasteiger partial charge is 0.343 e. The van der Waals surface area contributed by atoms with E-state index in [4.69, 9.17) is 11.6 Å². The van der Waals surface area contributed by atoms with Crippen molar-refractivity contribution in [2.75, 3.05) is 0 Å². The van der Waals surface area contributed by atoms with Crippen LogP contribution in [0.3, 0.4) is 0 Å². The average molecular weight is 172 g/mol. The molecule has 0 saturated heterocycles.